The highest BCUT2D eigenvalue weighted by Gasteiger charge is 2.28. The maximum absolute atomic E-state index is 13.2. The third-order valence-electron chi connectivity index (χ3n) is 2.63. The lowest BCUT2D eigenvalue weighted by atomic mass is 9.84. The van der Waals surface area contributed by atoms with Crippen molar-refractivity contribution in [2.45, 2.75) is 27.2 Å². The van der Waals surface area contributed by atoms with Gasteiger partial charge in [-0.3, -0.25) is 4.79 Å². The second kappa shape index (κ2) is 4.53. The maximum atomic E-state index is 13.2. The van der Waals surface area contributed by atoms with Crippen molar-refractivity contribution in [3.05, 3.63) is 33.5 Å². The molecule has 0 fully saturated rings. The minimum absolute atomic E-state index is 0.310. The molecule has 0 spiro atoms. The van der Waals surface area contributed by atoms with Crippen LogP contribution in [0.1, 0.15) is 25.0 Å². The molecule has 0 heterocycles. The quantitative estimate of drug-likeness (QED) is 0.924. The molecule has 88 valence electrons. The van der Waals surface area contributed by atoms with Crippen molar-refractivity contribution in [3.8, 4) is 0 Å². The normalized spacial score (nSPS) is 11.6. The van der Waals surface area contributed by atoms with Gasteiger partial charge in [0.25, 0.3) is 0 Å². The van der Waals surface area contributed by atoms with Gasteiger partial charge in [0.2, 0.25) is 0 Å². The van der Waals surface area contributed by atoms with Crippen LogP contribution in [0.5, 0.6) is 0 Å². The van der Waals surface area contributed by atoms with E-state index in [4.69, 9.17) is 5.11 Å². The van der Waals surface area contributed by atoms with Gasteiger partial charge in [-0.2, -0.15) is 0 Å². The first-order valence-electron chi connectivity index (χ1n) is 4.92. The van der Waals surface area contributed by atoms with E-state index in [0.29, 0.717) is 10.9 Å². The zero-order chi connectivity index (χ0) is 12.5. The zero-order valence-electron chi connectivity index (χ0n) is 9.47. The van der Waals surface area contributed by atoms with E-state index in [1.54, 1.807) is 13.8 Å². The van der Waals surface area contributed by atoms with Gasteiger partial charge in [0.05, 0.1) is 5.41 Å². The van der Waals surface area contributed by atoms with Crippen LogP contribution in [0, 0.1) is 18.2 Å². The number of benzene rings is 1. The highest BCUT2D eigenvalue weighted by Crippen LogP contribution is 2.28. The number of carbonyl (C=O) groups is 1. The van der Waals surface area contributed by atoms with E-state index in [-0.39, 0.29) is 5.82 Å². The Morgan fingerprint density at radius 2 is 2.06 bits per heavy atom. The van der Waals surface area contributed by atoms with Gasteiger partial charge >= 0.3 is 5.97 Å². The molecule has 0 aliphatic carbocycles. The summed E-state index contributed by atoms with van der Waals surface area (Å²) < 4.78 is 13.9. The van der Waals surface area contributed by atoms with Crippen molar-refractivity contribution in [2.24, 2.45) is 5.41 Å². The molecule has 1 aromatic rings. The molecule has 0 saturated carbocycles. The Morgan fingerprint density at radius 3 is 2.56 bits per heavy atom. The molecule has 0 aliphatic rings. The molecule has 0 aromatic heterocycles. The summed E-state index contributed by atoms with van der Waals surface area (Å²) in [6.45, 7) is 5.11. The summed E-state index contributed by atoms with van der Waals surface area (Å²) in [5.74, 6) is -1.24. The topological polar surface area (TPSA) is 37.3 Å². The number of hydrogen-bond donors (Lipinski definition) is 1. The highest BCUT2D eigenvalue weighted by atomic mass is 79.9. The molecule has 1 N–H and O–H groups in total. The van der Waals surface area contributed by atoms with Gasteiger partial charge in [0, 0.05) is 4.47 Å². The summed E-state index contributed by atoms with van der Waals surface area (Å²) in [6, 6.07) is 2.78. The fraction of sp³-hybridized carbons (Fsp3) is 0.417. The van der Waals surface area contributed by atoms with E-state index in [1.165, 1.54) is 12.1 Å². The summed E-state index contributed by atoms with van der Waals surface area (Å²) in [6.07, 6.45) is 0.310. The fourth-order valence-electron chi connectivity index (χ4n) is 1.43. The van der Waals surface area contributed by atoms with Crippen LogP contribution in [0.25, 0.3) is 0 Å². The molecule has 1 rings (SSSR count). The van der Waals surface area contributed by atoms with Crippen molar-refractivity contribution in [1.29, 1.82) is 0 Å². The Kier molecular flexibility index (Phi) is 3.73. The van der Waals surface area contributed by atoms with E-state index in [2.05, 4.69) is 15.9 Å². The molecule has 0 bridgehead atoms. The monoisotopic (exact) mass is 288 g/mol. The summed E-state index contributed by atoms with van der Waals surface area (Å²) in [5.41, 5.74) is 0.716. The largest absolute Gasteiger partial charge is 0.481 e. The molecular formula is C12H14BrFO2. The van der Waals surface area contributed by atoms with E-state index in [9.17, 15) is 9.18 Å². The third-order valence-corrected chi connectivity index (χ3v) is 3.45. The van der Waals surface area contributed by atoms with Crippen LogP contribution in [0.4, 0.5) is 4.39 Å². The Labute approximate surface area is 103 Å². The predicted molar refractivity (Wildman–Crippen MR) is 64.0 cm³/mol. The van der Waals surface area contributed by atoms with Gasteiger partial charge in [-0.15, -0.1) is 0 Å². The molecule has 16 heavy (non-hydrogen) atoms. The van der Waals surface area contributed by atoms with Crippen molar-refractivity contribution in [2.75, 3.05) is 0 Å². The maximum Gasteiger partial charge on any atom is 0.309 e. The minimum atomic E-state index is -0.891. The van der Waals surface area contributed by atoms with Gasteiger partial charge in [-0.05, 0) is 50.5 Å². The minimum Gasteiger partial charge on any atom is -0.481 e. The smallest absolute Gasteiger partial charge is 0.309 e. The van der Waals surface area contributed by atoms with Gasteiger partial charge in [-0.25, -0.2) is 4.39 Å². The van der Waals surface area contributed by atoms with Gasteiger partial charge in [0.1, 0.15) is 5.82 Å². The average molecular weight is 289 g/mol. The Balaban J connectivity index is 3.11. The van der Waals surface area contributed by atoms with E-state index in [0.717, 1.165) is 11.1 Å². The number of halogens is 2. The molecule has 0 saturated heterocycles. The van der Waals surface area contributed by atoms with Crippen LogP contribution >= 0.6 is 15.9 Å². The third kappa shape index (κ3) is 2.82. The van der Waals surface area contributed by atoms with Crippen LogP contribution in [0.2, 0.25) is 0 Å². The van der Waals surface area contributed by atoms with Crippen LogP contribution in [0.15, 0.2) is 16.6 Å². The summed E-state index contributed by atoms with van der Waals surface area (Å²) in [4.78, 5) is 11.0. The van der Waals surface area contributed by atoms with E-state index < -0.39 is 11.4 Å². The van der Waals surface area contributed by atoms with Crippen LogP contribution < -0.4 is 0 Å². The fourth-order valence-corrected chi connectivity index (χ4v) is 1.91. The van der Waals surface area contributed by atoms with Crippen molar-refractivity contribution < 1.29 is 14.3 Å². The average Bonchev–Trinajstić information content (AvgIpc) is 2.12. The number of rotatable bonds is 3. The van der Waals surface area contributed by atoms with Crippen LogP contribution in [0.3, 0.4) is 0 Å². The lowest BCUT2D eigenvalue weighted by molar-refractivity contribution is -0.146. The number of carboxylic acid groups (broad SMARTS) is 1. The van der Waals surface area contributed by atoms with Gasteiger partial charge < -0.3 is 5.11 Å². The Bertz CT molecular complexity index is 427. The molecule has 2 nitrogen and oxygen atoms in total. The Morgan fingerprint density at radius 1 is 1.50 bits per heavy atom. The Hall–Kier alpha value is -0.900. The van der Waals surface area contributed by atoms with Crippen molar-refractivity contribution in [1.82, 2.24) is 0 Å². The lowest BCUT2D eigenvalue weighted by Crippen LogP contribution is -2.26. The molecule has 1 aromatic carbocycles. The SMILES string of the molecule is Cc1c(Br)cc(F)cc1CC(C)(C)C(=O)O. The van der Waals surface area contributed by atoms with Gasteiger partial charge in [-0.1, -0.05) is 15.9 Å². The van der Waals surface area contributed by atoms with E-state index in [1.807, 2.05) is 6.92 Å². The molecule has 0 aliphatic heterocycles. The van der Waals surface area contributed by atoms with Crippen molar-refractivity contribution >= 4 is 21.9 Å². The summed E-state index contributed by atoms with van der Waals surface area (Å²) in [7, 11) is 0. The van der Waals surface area contributed by atoms with Crippen molar-refractivity contribution in [3.63, 3.8) is 0 Å². The highest BCUT2D eigenvalue weighted by molar-refractivity contribution is 9.10. The summed E-state index contributed by atoms with van der Waals surface area (Å²) >= 11 is 3.25. The van der Waals surface area contributed by atoms with Crippen LogP contribution in [-0.2, 0) is 11.2 Å². The number of hydrogen-bond acceptors (Lipinski definition) is 1. The number of carboxylic acids is 1. The molecule has 0 radical (unpaired) electrons. The molecule has 0 unspecified atom stereocenters. The molecular weight excluding hydrogens is 275 g/mol. The molecule has 0 amide bonds. The zero-order valence-corrected chi connectivity index (χ0v) is 11.1. The standard InChI is InChI=1S/C12H14BrFO2/c1-7-8(4-9(14)5-10(7)13)6-12(2,3)11(15)16/h4-5H,6H2,1-3H3,(H,15,16). The van der Waals surface area contributed by atoms with Crippen LogP contribution in [-0.4, -0.2) is 11.1 Å². The molecule has 4 heteroatoms. The number of aliphatic carboxylic acids is 1. The second-order valence-electron chi connectivity index (χ2n) is 4.54. The first-order chi connectivity index (χ1) is 7.24. The first-order valence-corrected chi connectivity index (χ1v) is 5.71. The summed E-state index contributed by atoms with van der Waals surface area (Å²) in [5, 5.41) is 9.03. The second-order valence-corrected chi connectivity index (χ2v) is 5.39. The predicted octanol–water partition coefficient (Wildman–Crippen LogP) is 3.55. The lowest BCUT2D eigenvalue weighted by Gasteiger charge is -2.20. The van der Waals surface area contributed by atoms with Gasteiger partial charge in [0.15, 0.2) is 0 Å². The molecule has 0 atom stereocenters. The first kappa shape index (κ1) is 13.2. The van der Waals surface area contributed by atoms with E-state index >= 15 is 0 Å².